The third-order valence-corrected chi connectivity index (χ3v) is 4.61. The molecule has 0 aliphatic rings. The Hall–Kier alpha value is -3.16. The van der Waals surface area contributed by atoms with Gasteiger partial charge >= 0.3 is 6.18 Å². The first-order valence-electron chi connectivity index (χ1n) is 10.8. The van der Waals surface area contributed by atoms with Gasteiger partial charge in [-0.15, -0.1) is 0 Å². The number of halogens is 3. The Morgan fingerprint density at radius 3 is 2.12 bits per heavy atom. The predicted molar refractivity (Wildman–Crippen MR) is 130 cm³/mol. The van der Waals surface area contributed by atoms with Crippen molar-refractivity contribution in [2.75, 3.05) is 12.4 Å². The third-order valence-electron chi connectivity index (χ3n) is 4.61. The number of anilines is 1. The van der Waals surface area contributed by atoms with Crippen molar-refractivity contribution in [3.63, 3.8) is 0 Å². The number of aryl methyl sites for hydroxylation is 2. The van der Waals surface area contributed by atoms with Gasteiger partial charge in [0.2, 0.25) is 5.91 Å². The van der Waals surface area contributed by atoms with Crippen molar-refractivity contribution < 1.29 is 32.3 Å². The minimum atomic E-state index is -4.22. The van der Waals surface area contributed by atoms with Crippen LogP contribution in [0.3, 0.4) is 0 Å². The summed E-state index contributed by atoms with van der Waals surface area (Å²) in [6, 6.07) is 11.1. The van der Waals surface area contributed by atoms with Crippen molar-refractivity contribution >= 4 is 25.2 Å². The molecule has 0 radical (unpaired) electrons. The first kappa shape index (κ1) is 33.0. The lowest BCUT2D eigenvalue weighted by atomic mass is 10.0. The highest BCUT2D eigenvalue weighted by Gasteiger charge is 2.29. The summed E-state index contributed by atoms with van der Waals surface area (Å²) in [5, 5.41) is 2.94. The van der Waals surface area contributed by atoms with Crippen molar-refractivity contribution in [2.24, 2.45) is 5.92 Å². The van der Waals surface area contributed by atoms with Crippen LogP contribution >= 0.6 is 0 Å². The Morgan fingerprint density at radius 1 is 1.06 bits per heavy atom. The molecule has 2 rings (SSSR count). The third kappa shape index (κ3) is 13.4. The molecule has 34 heavy (non-hydrogen) atoms. The molecule has 1 unspecified atom stereocenters. The molecule has 0 saturated carbocycles. The van der Waals surface area contributed by atoms with Crippen LogP contribution in [0.5, 0.6) is 5.75 Å². The molecule has 1 atom stereocenters. The van der Waals surface area contributed by atoms with Crippen LogP contribution in [0.25, 0.3) is 0 Å². The molecular weight excluding hydrogens is 447 g/mol. The van der Waals surface area contributed by atoms with E-state index in [1.54, 1.807) is 20.1 Å². The molecule has 190 valence electrons. The fourth-order valence-corrected chi connectivity index (χ4v) is 3.06. The molecule has 0 aliphatic heterocycles. The Labute approximate surface area is 200 Å². The van der Waals surface area contributed by atoms with E-state index in [0.29, 0.717) is 17.9 Å². The first-order chi connectivity index (χ1) is 16.1. The van der Waals surface area contributed by atoms with Crippen LogP contribution in [0.4, 0.5) is 18.9 Å². The molecule has 0 bridgehead atoms. The number of nitrogens with one attached hydrogen (secondary N) is 1. The molecular formula is C26H36F3NO4. The number of carbonyl (C=O) groups is 3. The van der Waals surface area contributed by atoms with Gasteiger partial charge in [0, 0.05) is 18.2 Å². The topological polar surface area (TPSA) is 72.5 Å². The fourth-order valence-electron chi connectivity index (χ4n) is 3.06. The second kappa shape index (κ2) is 18.3. The number of alkyl halides is 3. The van der Waals surface area contributed by atoms with E-state index < -0.39 is 11.7 Å². The number of carbonyl (C=O) groups excluding carboxylic acids is 3. The van der Waals surface area contributed by atoms with Gasteiger partial charge in [0.15, 0.2) is 0 Å². The first-order valence-corrected chi connectivity index (χ1v) is 10.8. The van der Waals surface area contributed by atoms with E-state index in [1.807, 2.05) is 31.8 Å². The zero-order chi connectivity index (χ0) is 26.7. The maximum absolute atomic E-state index is 12.0. The Morgan fingerprint density at radius 2 is 1.68 bits per heavy atom. The normalized spacial score (nSPS) is 10.7. The second-order valence-electron chi connectivity index (χ2n) is 7.39. The molecule has 0 saturated heterocycles. The lowest BCUT2D eigenvalue weighted by Gasteiger charge is -2.12. The van der Waals surface area contributed by atoms with Crippen LogP contribution in [0, 0.1) is 12.8 Å². The highest BCUT2D eigenvalue weighted by Crippen LogP contribution is 2.29. The molecule has 2 aromatic rings. The summed E-state index contributed by atoms with van der Waals surface area (Å²) in [6.07, 6.45) is -0.512. The molecule has 5 nitrogen and oxygen atoms in total. The maximum atomic E-state index is 12.0. The molecule has 2 aromatic carbocycles. The standard InChI is InChI=1S/C16H25NO2.C8H7F3.2CH2O/c1-5-7-12(3)10-16(18)17-14-9-8-13(6-2)15(11-14)19-4;1-6-3-2-4-7(5-6)8(9,10)11;2*1-2/h8-9,11-12H,5-7,10H2,1-4H3,(H,17,18);2-5H,1H3;2*1H2. The molecule has 0 heterocycles. The summed E-state index contributed by atoms with van der Waals surface area (Å²) in [5.74, 6) is 1.34. The van der Waals surface area contributed by atoms with Gasteiger partial charge in [-0.1, -0.05) is 63.4 Å². The van der Waals surface area contributed by atoms with E-state index >= 15 is 0 Å². The summed E-state index contributed by atoms with van der Waals surface area (Å²) < 4.78 is 41.2. The quantitative estimate of drug-likeness (QED) is 0.478. The van der Waals surface area contributed by atoms with Gasteiger partial charge in [-0.2, -0.15) is 13.2 Å². The van der Waals surface area contributed by atoms with Gasteiger partial charge in [0.25, 0.3) is 0 Å². The number of ether oxygens (including phenoxy) is 1. The van der Waals surface area contributed by atoms with E-state index in [2.05, 4.69) is 26.1 Å². The van der Waals surface area contributed by atoms with Crippen molar-refractivity contribution in [1.29, 1.82) is 0 Å². The van der Waals surface area contributed by atoms with Crippen LogP contribution in [-0.2, 0) is 27.0 Å². The minimum Gasteiger partial charge on any atom is -0.496 e. The number of hydrogen-bond acceptors (Lipinski definition) is 4. The largest absolute Gasteiger partial charge is 0.496 e. The summed E-state index contributed by atoms with van der Waals surface area (Å²) in [6.45, 7) is 12.0. The van der Waals surface area contributed by atoms with Crippen molar-refractivity contribution in [3.05, 3.63) is 59.2 Å². The average Bonchev–Trinajstić information content (AvgIpc) is 2.81. The lowest BCUT2D eigenvalue weighted by Crippen LogP contribution is -2.15. The van der Waals surface area contributed by atoms with Crippen LogP contribution in [0.2, 0.25) is 0 Å². The predicted octanol–water partition coefficient (Wildman–Crippen LogP) is 6.67. The van der Waals surface area contributed by atoms with Crippen molar-refractivity contribution in [3.8, 4) is 5.75 Å². The van der Waals surface area contributed by atoms with Crippen LogP contribution in [0.1, 0.15) is 56.7 Å². The molecule has 0 fully saturated rings. The number of amides is 1. The summed E-state index contributed by atoms with van der Waals surface area (Å²) in [4.78, 5) is 27.9. The van der Waals surface area contributed by atoms with E-state index in [4.69, 9.17) is 14.3 Å². The monoisotopic (exact) mass is 483 g/mol. The lowest BCUT2D eigenvalue weighted by molar-refractivity contribution is -0.137. The van der Waals surface area contributed by atoms with Gasteiger partial charge < -0.3 is 19.6 Å². The van der Waals surface area contributed by atoms with Crippen LogP contribution in [-0.4, -0.2) is 26.6 Å². The Bertz CT molecular complexity index is 839. The Balaban J connectivity index is 0. The maximum Gasteiger partial charge on any atom is 0.416 e. The smallest absolute Gasteiger partial charge is 0.416 e. The van der Waals surface area contributed by atoms with Crippen molar-refractivity contribution in [1.82, 2.24) is 0 Å². The summed E-state index contributed by atoms with van der Waals surface area (Å²) >= 11 is 0. The molecule has 0 spiro atoms. The summed E-state index contributed by atoms with van der Waals surface area (Å²) in [7, 11) is 1.66. The second-order valence-corrected chi connectivity index (χ2v) is 7.39. The number of benzene rings is 2. The molecule has 1 amide bonds. The summed E-state index contributed by atoms with van der Waals surface area (Å²) in [5.41, 5.74) is 2.00. The zero-order valence-electron chi connectivity index (χ0n) is 20.6. The van der Waals surface area contributed by atoms with Gasteiger partial charge in [-0.05, 0) is 37.0 Å². The Kier molecular flexibility index (Phi) is 17.8. The van der Waals surface area contributed by atoms with Crippen LogP contribution < -0.4 is 10.1 Å². The van der Waals surface area contributed by atoms with E-state index in [0.717, 1.165) is 48.4 Å². The molecule has 1 N–H and O–H groups in total. The average molecular weight is 484 g/mol. The minimum absolute atomic E-state index is 0.0762. The van der Waals surface area contributed by atoms with E-state index in [9.17, 15) is 18.0 Å². The SMILES string of the molecule is C=O.C=O.CCCC(C)CC(=O)Nc1ccc(CC)c(OC)c1.Cc1cccc(C(F)(F)F)c1. The molecule has 8 heteroatoms. The fraction of sp³-hybridized carbons (Fsp3) is 0.423. The molecule has 0 aliphatic carbocycles. The molecule has 0 aromatic heterocycles. The van der Waals surface area contributed by atoms with Gasteiger partial charge in [-0.25, -0.2) is 0 Å². The van der Waals surface area contributed by atoms with Crippen molar-refractivity contribution in [2.45, 2.75) is 59.6 Å². The number of rotatable bonds is 7. The van der Waals surface area contributed by atoms with Gasteiger partial charge in [-0.3, -0.25) is 4.79 Å². The van der Waals surface area contributed by atoms with Gasteiger partial charge in [0.05, 0.1) is 12.7 Å². The van der Waals surface area contributed by atoms with Gasteiger partial charge in [0.1, 0.15) is 19.3 Å². The van der Waals surface area contributed by atoms with E-state index in [1.165, 1.54) is 6.07 Å². The number of methoxy groups -OCH3 is 1. The highest BCUT2D eigenvalue weighted by atomic mass is 19.4. The van der Waals surface area contributed by atoms with E-state index in [-0.39, 0.29) is 5.91 Å². The number of hydrogen-bond donors (Lipinski definition) is 1. The highest BCUT2D eigenvalue weighted by molar-refractivity contribution is 5.91. The van der Waals surface area contributed by atoms with Crippen LogP contribution in [0.15, 0.2) is 42.5 Å². The zero-order valence-corrected chi connectivity index (χ0v) is 20.6.